The van der Waals surface area contributed by atoms with Gasteiger partial charge >= 0.3 is 0 Å². The maximum atomic E-state index is 12.1. The summed E-state index contributed by atoms with van der Waals surface area (Å²) in [5, 5.41) is 0. The van der Waals surface area contributed by atoms with E-state index in [9.17, 15) is 4.79 Å². The van der Waals surface area contributed by atoms with Gasteiger partial charge in [-0.2, -0.15) is 0 Å². The Morgan fingerprint density at radius 1 is 1.19 bits per heavy atom. The Bertz CT molecular complexity index is 796. The lowest BCUT2D eigenvalue weighted by atomic mass is 10.0. The number of aromatic nitrogens is 2. The van der Waals surface area contributed by atoms with Crippen LogP contribution in [0.25, 0.3) is 0 Å². The normalized spacial score (nSPS) is 20.7. The Labute approximate surface area is 153 Å². The van der Waals surface area contributed by atoms with E-state index in [1.807, 2.05) is 12.1 Å². The van der Waals surface area contributed by atoms with Crippen LogP contribution < -0.4 is 15.2 Å². The number of nitrogens with one attached hydrogen (secondary N) is 1. The molecule has 0 aliphatic carbocycles. The van der Waals surface area contributed by atoms with Crippen LogP contribution in [0, 0.1) is 0 Å². The zero-order valence-corrected chi connectivity index (χ0v) is 15.3. The lowest BCUT2D eigenvalue weighted by molar-refractivity contribution is 0.326. The molecule has 2 aliphatic rings. The van der Waals surface area contributed by atoms with Crippen LogP contribution in [0.15, 0.2) is 35.1 Å². The number of rotatable bonds is 5. The summed E-state index contributed by atoms with van der Waals surface area (Å²) in [6, 6.07) is 9.92. The van der Waals surface area contributed by atoms with Crippen molar-refractivity contribution in [1.82, 2.24) is 14.9 Å². The summed E-state index contributed by atoms with van der Waals surface area (Å²) < 4.78 is 5.22. The summed E-state index contributed by atoms with van der Waals surface area (Å²) in [5.74, 6) is 1.96. The first-order valence-corrected chi connectivity index (χ1v) is 9.43. The predicted molar refractivity (Wildman–Crippen MR) is 102 cm³/mol. The van der Waals surface area contributed by atoms with E-state index in [2.05, 4.69) is 26.9 Å². The standard InChI is InChI=1S/C20H26N4O2/c1-26-17-6-4-15(5-7-17)13-23-11-8-16(14-23)18-12-19(25)22-20(21-18)24-9-2-3-10-24/h4-7,12,16H,2-3,8-11,13-14H2,1H3,(H,21,22,25)/t16-/m1/s1. The molecule has 6 nitrogen and oxygen atoms in total. The van der Waals surface area contributed by atoms with Crippen LogP contribution in [-0.4, -0.2) is 48.2 Å². The number of ether oxygens (including phenoxy) is 1. The van der Waals surface area contributed by atoms with Gasteiger partial charge in [0.05, 0.1) is 12.8 Å². The molecule has 4 rings (SSSR count). The fraction of sp³-hybridized carbons (Fsp3) is 0.500. The first-order chi connectivity index (χ1) is 12.7. The maximum absolute atomic E-state index is 12.1. The van der Waals surface area contributed by atoms with Crippen molar-refractivity contribution in [2.75, 3.05) is 38.2 Å². The molecule has 6 heteroatoms. The molecule has 26 heavy (non-hydrogen) atoms. The molecule has 0 saturated carbocycles. The molecule has 0 unspecified atom stereocenters. The van der Waals surface area contributed by atoms with Crippen molar-refractivity contribution >= 4 is 5.95 Å². The quantitative estimate of drug-likeness (QED) is 0.893. The fourth-order valence-corrected chi connectivity index (χ4v) is 3.96. The average Bonchev–Trinajstić information content (AvgIpc) is 3.34. The number of likely N-dealkylation sites (tertiary alicyclic amines) is 1. The van der Waals surface area contributed by atoms with Crippen molar-refractivity contribution in [3.05, 3.63) is 51.9 Å². The van der Waals surface area contributed by atoms with Gasteiger partial charge in [-0.3, -0.25) is 14.7 Å². The van der Waals surface area contributed by atoms with Crippen LogP contribution in [0.5, 0.6) is 5.75 Å². The molecular weight excluding hydrogens is 328 g/mol. The van der Waals surface area contributed by atoms with Gasteiger partial charge in [0.25, 0.3) is 5.56 Å². The molecule has 0 radical (unpaired) electrons. The maximum Gasteiger partial charge on any atom is 0.252 e. The van der Waals surface area contributed by atoms with E-state index < -0.39 is 0 Å². The van der Waals surface area contributed by atoms with Crippen LogP contribution in [0.1, 0.15) is 36.4 Å². The first-order valence-electron chi connectivity index (χ1n) is 9.43. The third-order valence-corrected chi connectivity index (χ3v) is 5.41. The second kappa shape index (κ2) is 7.50. The molecule has 1 N–H and O–H groups in total. The lowest BCUT2D eigenvalue weighted by Gasteiger charge is -2.19. The van der Waals surface area contributed by atoms with Crippen LogP contribution in [-0.2, 0) is 6.54 Å². The second-order valence-corrected chi connectivity index (χ2v) is 7.26. The van der Waals surface area contributed by atoms with Crippen LogP contribution >= 0.6 is 0 Å². The minimum Gasteiger partial charge on any atom is -0.497 e. The van der Waals surface area contributed by atoms with Crippen LogP contribution in [0.2, 0.25) is 0 Å². The topological polar surface area (TPSA) is 61.5 Å². The number of anilines is 1. The SMILES string of the molecule is COc1ccc(CN2CC[C@@H](c3cc(=O)[nH]c(N4CCCC4)n3)C2)cc1. The van der Waals surface area contributed by atoms with Gasteiger partial charge in [0, 0.05) is 38.2 Å². The summed E-state index contributed by atoms with van der Waals surface area (Å²) >= 11 is 0. The molecule has 2 saturated heterocycles. The number of nitrogens with zero attached hydrogens (tertiary/aromatic N) is 3. The molecule has 1 aromatic carbocycles. The highest BCUT2D eigenvalue weighted by Crippen LogP contribution is 2.28. The van der Waals surface area contributed by atoms with E-state index >= 15 is 0 Å². The lowest BCUT2D eigenvalue weighted by Crippen LogP contribution is -2.25. The van der Waals surface area contributed by atoms with E-state index in [1.54, 1.807) is 13.2 Å². The van der Waals surface area contributed by atoms with Gasteiger partial charge in [0.1, 0.15) is 5.75 Å². The summed E-state index contributed by atoms with van der Waals surface area (Å²) in [5.41, 5.74) is 2.18. The van der Waals surface area contributed by atoms with Crippen molar-refractivity contribution in [2.45, 2.75) is 31.7 Å². The highest BCUT2D eigenvalue weighted by atomic mass is 16.5. The van der Waals surface area contributed by atoms with Gasteiger partial charge in [-0.05, 0) is 43.5 Å². The molecule has 1 atom stereocenters. The molecular formula is C20H26N4O2. The smallest absolute Gasteiger partial charge is 0.252 e. The number of H-pyrrole nitrogens is 1. The number of methoxy groups -OCH3 is 1. The number of hydrogen-bond donors (Lipinski definition) is 1. The van der Waals surface area contributed by atoms with Crippen molar-refractivity contribution in [2.24, 2.45) is 0 Å². The van der Waals surface area contributed by atoms with Crippen molar-refractivity contribution in [3.63, 3.8) is 0 Å². The van der Waals surface area contributed by atoms with Gasteiger partial charge in [-0.1, -0.05) is 12.1 Å². The van der Waals surface area contributed by atoms with E-state index in [-0.39, 0.29) is 5.56 Å². The van der Waals surface area contributed by atoms with Gasteiger partial charge in [0.2, 0.25) is 5.95 Å². The van der Waals surface area contributed by atoms with Crippen molar-refractivity contribution in [3.8, 4) is 5.75 Å². The van der Waals surface area contributed by atoms with Gasteiger partial charge < -0.3 is 9.64 Å². The number of hydrogen-bond acceptors (Lipinski definition) is 5. The van der Waals surface area contributed by atoms with E-state index in [4.69, 9.17) is 9.72 Å². The van der Waals surface area contributed by atoms with Crippen LogP contribution in [0.3, 0.4) is 0 Å². The Morgan fingerprint density at radius 3 is 2.69 bits per heavy atom. The molecule has 0 amide bonds. The molecule has 2 aromatic rings. The Morgan fingerprint density at radius 2 is 1.96 bits per heavy atom. The molecule has 0 spiro atoms. The van der Waals surface area contributed by atoms with E-state index in [0.717, 1.165) is 56.5 Å². The first kappa shape index (κ1) is 17.1. The monoisotopic (exact) mass is 354 g/mol. The third-order valence-electron chi connectivity index (χ3n) is 5.41. The van der Waals surface area contributed by atoms with E-state index in [0.29, 0.717) is 5.92 Å². The Kier molecular flexibility index (Phi) is 4.93. The molecule has 1 aromatic heterocycles. The van der Waals surface area contributed by atoms with Crippen molar-refractivity contribution < 1.29 is 4.74 Å². The summed E-state index contributed by atoms with van der Waals surface area (Å²) in [7, 11) is 1.69. The summed E-state index contributed by atoms with van der Waals surface area (Å²) in [6.45, 7) is 4.87. The second-order valence-electron chi connectivity index (χ2n) is 7.26. The van der Waals surface area contributed by atoms with Gasteiger partial charge in [-0.15, -0.1) is 0 Å². The number of aromatic amines is 1. The van der Waals surface area contributed by atoms with Crippen LogP contribution in [0.4, 0.5) is 5.95 Å². The van der Waals surface area contributed by atoms with Crippen molar-refractivity contribution in [1.29, 1.82) is 0 Å². The minimum atomic E-state index is -0.0366. The molecule has 138 valence electrons. The largest absolute Gasteiger partial charge is 0.497 e. The zero-order chi connectivity index (χ0) is 17.9. The number of benzene rings is 1. The molecule has 2 aliphatic heterocycles. The molecule has 3 heterocycles. The highest BCUT2D eigenvalue weighted by Gasteiger charge is 2.26. The van der Waals surface area contributed by atoms with Gasteiger partial charge in [0.15, 0.2) is 0 Å². The summed E-state index contributed by atoms with van der Waals surface area (Å²) in [4.78, 5) is 24.4. The van der Waals surface area contributed by atoms with Gasteiger partial charge in [-0.25, -0.2) is 4.98 Å². The minimum absolute atomic E-state index is 0.0366. The highest BCUT2D eigenvalue weighted by molar-refractivity contribution is 5.32. The molecule has 2 fully saturated rings. The third kappa shape index (κ3) is 3.75. The average molecular weight is 354 g/mol. The fourth-order valence-electron chi connectivity index (χ4n) is 3.96. The zero-order valence-electron chi connectivity index (χ0n) is 15.3. The summed E-state index contributed by atoms with van der Waals surface area (Å²) in [6.07, 6.45) is 3.39. The Hall–Kier alpha value is -2.34. The Balaban J connectivity index is 1.43. The predicted octanol–water partition coefficient (Wildman–Crippen LogP) is 2.37. The van der Waals surface area contributed by atoms with E-state index in [1.165, 1.54) is 18.4 Å². The molecule has 0 bridgehead atoms.